The van der Waals surface area contributed by atoms with Crippen molar-refractivity contribution in [2.45, 2.75) is 57.5 Å². The zero-order valence-corrected chi connectivity index (χ0v) is 16.6. The van der Waals surface area contributed by atoms with Crippen molar-refractivity contribution >= 4 is 11.8 Å². The normalized spacial score (nSPS) is 29.0. The fourth-order valence-corrected chi connectivity index (χ4v) is 4.88. The molecule has 2 aliphatic heterocycles. The van der Waals surface area contributed by atoms with E-state index >= 15 is 0 Å². The number of carbonyl (C=O) groups is 2. The average Bonchev–Trinajstić information content (AvgIpc) is 2.95. The lowest BCUT2D eigenvalue weighted by Crippen LogP contribution is -2.55. The molecule has 154 valence electrons. The van der Waals surface area contributed by atoms with E-state index in [1.807, 2.05) is 0 Å². The Balaban J connectivity index is 1.58. The smallest absolute Gasteiger partial charge is 0.242 e. The van der Waals surface area contributed by atoms with Gasteiger partial charge in [0.1, 0.15) is 29.8 Å². The van der Waals surface area contributed by atoms with Crippen LogP contribution >= 0.6 is 0 Å². The molecule has 6 nitrogen and oxygen atoms in total. The van der Waals surface area contributed by atoms with Gasteiger partial charge >= 0.3 is 0 Å². The van der Waals surface area contributed by atoms with Gasteiger partial charge in [-0.15, -0.1) is 0 Å². The fourth-order valence-electron chi connectivity index (χ4n) is 4.88. The number of benzene rings is 1. The van der Waals surface area contributed by atoms with Crippen molar-refractivity contribution in [1.82, 2.24) is 10.2 Å². The SMILES string of the molecule is CC1CN2C(=O)C(COc3cccc(F)c3C#N)(C(=O)NC3CCCCC3)CC12. The van der Waals surface area contributed by atoms with Crippen LogP contribution in [0.15, 0.2) is 18.2 Å². The second-order valence-corrected chi connectivity index (χ2v) is 8.61. The molecule has 3 aliphatic rings. The molecule has 7 heteroatoms. The second kappa shape index (κ2) is 7.66. The summed E-state index contributed by atoms with van der Waals surface area (Å²) < 4.78 is 19.7. The molecule has 1 N–H and O–H groups in total. The van der Waals surface area contributed by atoms with Gasteiger partial charge in [0.2, 0.25) is 11.8 Å². The summed E-state index contributed by atoms with van der Waals surface area (Å²) in [5, 5.41) is 12.3. The van der Waals surface area contributed by atoms with E-state index in [1.165, 1.54) is 24.6 Å². The molecule has 0 bridgehead atoms. The molecule has 2 amide bonds. The number of amides is 2. The third kappa shape index (κ3) is 3.35. The van der Waals surface area contributed by atoms with E-state index in [0.717, 1.165) is 25.7 Å². The van der Waals surface area contributed by atoms with Crippen molar-refractivity contribution < 1.29 is 18.7 Å². The Morgan fingerprint density at radius 3 is 2.79 bits per heavy atom. The van der Waals surface area contributed by atoms with E-state index in [-0.39, 0.29) is 41.8 Å². The summed E-state index contributed by atoms with van der Waals surface area (Å²) in [4.78, 5) is 28.3. The lowest BCUT2D eigenvalue weighted by Gasteiger charge is -2.41. The molecule has 2 heterocycles. The van der Waals surface area contributed by atoms with Crippen LogP contribution in [-0.2, 0) is 9.59 Å². The third-order valence-corrected chi connectivity index (χ3v) is 6.71. The van der Waals surface area contributed by atoms with Crippen LogP contribution in [0, 0.1) is 28.5 Å². The first-order valence-corrected chi connectivity index (χ1v) is 10.4. The first kappa shape index (κ1) is 19.7. The summed E-state index contributed by atoms with van der Waals surface area (Å²) in [6.45, 7) is 2.53. The zero-order chi connectivity index (χ0) is 20.6. The molecule has 1 aliphatic carbocycles. The Morgan fingerprint density at radius 2 is 2.14 bits per heavy atom. The van der Waals surface area contributed by atoms with E-state index in [4.69, 9.17) is 4.74 Å². The highest BCUT2D eigenvalue weighted by molar-refractivity contribution is 6.07. The summed E-state index contributed by atoms with van der Waals surface area (Å²) in [7, 11) is 0. The van der Waals surface area contributed by atoms with Gasteiger partial charge in [-0.3, -0.25) is 9.59 Å². The van der Waals surface area contributed by atoms with E-state index in [0.29, 0.717) is 18.9 Å². The maximum atomic E-state index is 13.9. The Hall–Kier alpha value is -2.62. The van der Waals surface area contributed by atoms with Crippen molar-refractivity contribution in [3.8, 4) is 11.8 Å². The van der Waals surface area contributed by atoms with E-state index in [2.05, 4.69) is 12.2 Å². The fraction of sp³-hybridized carbons (Fsp3) is 0.591. The molecule has 3 unspecified atom stereocenters. The lowest BCUT2D eigenvalue weighted by atomic mass is 9.81. The minimum absolute atomic E-state index is 0.0335. The summed E-state index contributed by atoms with van der Waals surface area (Å²) in [5.41, 5.74) is -1.54. The molecule has 0 spiro atoms. The third-order valence-electron chi connectivity index (χ3n) is 6.71. The molecular formula is C22H26FN3O3. The standard InChI is InChI=1S/C22H26FN3O3/c1-14-12-26-18(14)10-22(21(26)28,20(27)25-15-6-3-2-4-7-15)13-29-19-9-5-8-17(23)16(19)11-24/h5,8-9,14-15,18H,2-4,6-7,10,12-13H2,1H3,(H,25,27). The number of nitriles is 1. The van der Waals surface area contributed by atoms with Crippen LogP contribution in [0.1, 0.15) is 51.0 Å². The maximum Gasteiger partial charge on any atom is 0.242 e. The Morgan fingerprint density at radius 1 is 1.38 bits per heavy atom. The predicted molar refractivity (Wildman–Crippen MR) is 103 cm³/mol. The molecule has 2 saturated heterocycles. The molecule has 1 aromatic rings. The Kier molecular flexibility index (Phi) is 5.20. The first-order chi connectivity index (χ1) is 14.0. The van der Waals surface area contributed by atoms with E-state index in [9.17, 15) is 19.2 Å². The molecule has 3 atom stereocenters. The highest BCUT2D eigenvalue weighted by Gasteiger charge is 2.62. The van der Waals surface area contributed by atoms with E-state index < -0.39 is 11.2 Å². The number of rotatable bonds is 5. The van der Waals surface area contributed by atoms with E-state index in [1.54, 1.807) is 11.0 Å². The largest absolute Gasteiger partial charge is 0.490 e. The van der Waals surface area contributed by atoms with Crippen LogP contribution in [0.2, 0.25) is 0 Å². The van der Waals surface area contributed by atoms with Gasteiger partial charge in [-0.05, 0) is 37.3 Å². The highest BCUT2D eigenvalue weighted by atomic mass is 19.1. The number of hydrogen-bond donors (Lipinski definition) is 1. The Labute approximate surface area is 170 Å². The van der Waals surface area contributed by atoms with Gasteiger partial charge in [-0.2, -0.15) is 5.26 Å². The number of fused-ring (bicyclic) bond motifs is 1. The Bertz CT molecular complexity index is 861. The number of halogens is 1. The zero-order valence-electron chi connectivity index (χ0n) is 16.6. The van der Waals surface area contributed by atoms with Crippen LogP contribution < -0.4 is 10.1 Å². The first-order valence-electron chi connectivity index (χ1n) is 10.4. The maximum absolute atomic E-state index is 13.9. The van der Waals surface area contributed by atoms with Gasteiger partial charge in [0, 0.05) is 18.6 Å². The quantitative estimate of drug-likeness (QED) is 0.772. The molecule has 29 heavy (non-hydrogen) atoms. The van der Waals surface area contributed by atoms with Crippen molar-refractivity contribution in [3.63, 3.8) is 0 Å². The number of ether oxygens (including phenoxy) is 1. The monoisotopic (exact) mass is 399 g/mol. The minimum Gasteiger partial charge on any atom is -0.490 e. The topological polar surface area (TPSA) is 82.4 Å². The molecule has 4 rings (SSSR count). The van der Waals surface area contributed by atoms with Crippen LogP contribution in [-0.4, -0.2) is 41.9 Å². The van der Waals surface area contributed by atoms with Gasteiger partial charge < -0.3 is 15.0 Å². The second-order valence-electron chi connectivity index (χ2n) is 8.61. The summed E-state index contributed by atoms with van der Waals surface area (Å²) in [6, 6.07) is 6.04. The van der Waals surface area contributed by atoms with Crippen LogP contribution in [0.3, 0.4) is 0 Å². The van der Waals surface area contributed by atoms with Crippen molar-refractivity contribution in [1.29, 1.82) is 5.26 Å². The molecule has 0 radical (unpaired) electrons. The molecule has 0 aromatic heterocycles. The minimum atomic E-state index is -1.33. The summed E-state index contributed by atoms with van der Waals surface area (Å²) >= 11 is 0. The van der Waals surface area contributed by atoms with Gasteiger partial charge in [-0.25, -0.2) is 4.39 Å². The van der Waals surface area contributed by atoms with Gasteiger partial charge in [-0.1, -0.05) is 32.3 Å². The lowest BCUT2D eigenvalue weighted by molar-refractivity contribution is -0.150. The average molecular weight is 399 g/mol. The van der Waals surface area contributed by atoms with Crippen molar-refractivity contribution in [2.24, 2.45) is 11.3 Å². The molecule has 3 fully saturated rings. The molecular weight excluding hydrogens is 373 g/mol. The predicted octanol–water partition coefficient (Wildman–Crippen LogP) is 2.76. The summed E-state index contributed by atoms with van der Waals surface area (Å²) in [5.74, 6) is -0.796. The number of hydrogen-bond acceptors (Lipinski definition) is 4. The summed E-state index contributed by atoms with van der Waals surface area (Å²) in [6.07, 6.45) is 5.55. The van der Waals surface area contributed by atoms with Gasteiger partial charge in [0.25, 0.3) is 0 Å². The van der Waals surface area contributed by atoms with Crippen LogP contribution in [0.25, 0.3) is 0 Å². The number of nitrogens with zero attached hydrogens (tertiary/aromatic N) is 2. The molecule has 1 saturated carbocycles. The van der Waals surface area contributed by atoms with Crippen LogP contribution in [0.5, 0.6) is 5.75 Å². The highest BCUT2D eigenvalue weighted by Crippen LogP contribution is 2.46. The van der Waals surface area contributed by atoms with Gasteiger partial charge in [0.05, 0.1) is 0 Å². The molecule has 1 aromatic carbocycles. The van der Waals surface area contributed by atoms with Crippen LogP contribution in [0.4, 0.5) is 4.39 Å². The van der Waals surface area contributed by atoms with Crippen molar-refractivity contribution in [3.05, 3.63) is 29.6 Å². The van der Waals surface area contributed by atoms with Crippen molar-refractivity contribution in [2.75, 3.05) is 13.2 Å². The number of carbonyl (C=O) groups excluding carboxylic acids is 2. The van der Waals surface area contributed by atoms with Gasteiger partial charge in [0.15, 0.2) is 5.41 Å². The number of nitrogens with one attached hydrogen (secondary N) is 1.